The number of anilines is 1. The summed E-state index contributed by atoms with van der Waals surface area (Å²) in [4.78, 5) is 8.85. The van der Waals surface area contributed by atoms with Crippen LogP contribution < -0.4 is 5.32 Å². The zero-order chi connectivity index (χ0) is 19.3. The van der Waals surface area contributed by atoms with E-state index in [0.717, 1.165) is 44.7 Å². The van der Waals surface area contributed by atoms with Gasteiger partial charge in [0, 0.05) is 51.0 Å². The molecule has 1 aliphatic heterocycles. The third kappa shape index (κ3) is 5.23. The molecule has 3 rings (SSSR count). The Morgan fingerprint density at radius 1 is 1.00 bits per heavy atom. The van der Waals surface area contributed by atoms with Crippen molar-refractivity contribution < 1.29 is 8.78 Å². The summed E-state index contributed by atoms with van der Waals surface area (Å²) in [5, 5.41) is 3.13. The van der Waals surface area contributed by atoms with E-state index >= 15 is 0 Å². The second-order valence-corrected chi connectivity index (χ2v) is 7.67. The molecule has 2 heterocycles. The summed E-state index contributed by atoms with van der Waals surface area (Å²) in [5.41, 5.74) is 0.670. The molecule has 0 bridgehead atoms. The first-order chi connectivity index (χ1) is 13.0. The van der Waals surface area contributed by atoms with Gasteiger partial charge in [0.2, 0.25) is 0 Å². The van der Waals surface area contributed by atoms with Gasteiger partial charge in [0.25, 0.3) is 0 Å². The van der Waals surface area contributed by atoms with E-state index in [1.165, 1.54) is 12.1 Å². The lowest BCUT2D eigenvalue weighted by atomic mass is 10.0. The minimum Gasteiger partial charge on any atom is -0.366 e. The standard InChI is InChI=1S/C21H28F2N4/c1-21(2,16-25-20-19(23)8-5-10-24-20)27-14-12-26(13-15-27)11-9-17-6-3-4-7-18(17)22/h3-8,10H,9,11-16H2,1-2H3,(H,24,25). The van der Waals surface area contributed by atoms with Gasteiger partial charge in [0.05, 0.1) is 0 Å². The monoisotopic (exact) mass is 374 g/mol. The van der Waals surface area contributed by atoms with Crippen LogP contribution in [0.3, 0.4) is 0 Å². The van der Waals surface area contributed by atoms with Gasteiger partial charge >= 0.3 is 0 Å². The van der Waals surface area contributed by atoms with E-state index in [1.807, 2.05) is 12.1 Å². The van der Waals surface area contributed by atoms with Crippen molar-refractivity contribution in [3.8, 4) is 0 Å². The molecule has 0 atom stereocenters. The van der Waals surface area contributed by atoms with E-state index in [1.54, 1.807) is 18.3 Å². The predicted octanol–water partition coefficient (Wildman–Crippen LogP) is 3.41. The molecule has 0 radical (unpaired) electrons. The zero-order valence-corrected chi connectivity index (χ0v) is 16.1. The van der Waals surface area contributed by atoms with Crippen LogP contribution >= 0.6 is 0 Å². The Balaban J connectivity index is 1.46. The number of benzene rings is 1. The Kier molecular flexibility index (Phi) is 6.39. The first-order valence-electron chi connectivity index (χ1n) is 9.51. The number of nitrogens with zero attached hydrogens (tertiary/aromatic N) is 3. The fraction of sp³-hybridized carbons (Fsp3) is 0.476. The summed E-state index contributed by atoms with van der Waals surface area (Å²) >= 11 is 0. The lowest BCUT2D eigenvalue weighted by Gasteiger charge is -2.44. The van der Waals surface area contributed by atoms with Crippen molar-refractivity contribution in [2.45, 2.75) is 25.8 Å². The molecule has 1 aromatic heterocycles. The summed E-state index contributed by atoms with van der Waals surface area (Å²) in [6.07, 6.45) is 2.32. The van der Waals surface area contributed by atoms with Gasteiger partial charge in [-0.1, -0.05) is 18.2 Å². The largest absolute Gasteiger partial charge is 0.366 e. The van der Waals surface area contributed by atoms with Crippen LogP contribution in [0.1, 0.15) is 19.4 Å². The Bertz CT molecular complexity index is 742. The number of pyridine rings is 1. The van der Waals surface area contributed by atoms with Gasteiger partial charge < -0.3 is 10.2 Å². The topological polar surface area (TPSA) is 31.4 Å². The molecule has 1 fully saturated rings. The maximum atomic E-state index is 13.7. The lowest BCUT2D eigenvalue weighted by Crippen LogP contribution is -2.57. The molecule has 0 saturated carbocycles. The molecular weight excluding hydrogens is 346 g/mol. The van der Waals surface area contributed by atoms with E-state index in [0.29, 0.717) is 12.4 Å². The molecule has 1 N–H and O–H groups in total. The highest BCUT2D eigenvalue weighted by molar-refractivity contribution is 5.35. The molecule has 0 unspecified atom stereocenters. The smallest absolute Gasteiger partial charge is 0.165 e. The van der Waals surface area contributed by atoms with Gasteiger partial charge in [0.15, 0.2) is 11.6 Å². The highest BCUT2D eigenvalue weighted by atomic mass is 19.1. The molecular formula is C21H28F2N4. The van der Waals surface area contributed by atoms with Crippen molar-refractivity contribution in [2.75, 3.05) is 44.6 Å². The van der Waals surface area contributed by atoms with Gasteiger partial charge in [-0.05, 0) is 44.0 Å². The summed E-state index contributed by atoms with van der Waals surface area (Å²) in [7, 11) is 0. The molecule has 0 aliphatic carbocycles. The number of halogens is 2. The summed E-state index contributed by atoms with van der Waals surface area (Å²) in [6, 6.07) is 9.99. The van der Waals surface area contributed by atoms with Crippen LogP contribution in [0, 0.1) is 11.6 Å². The first kappa shape index (κ1) is 19.7. The summed E-state index contributed by atoms with van der Waals surface area (Å²) in [5.74, 6) is -0.148. The van der Waals surface area contributed by atoms with Crippen LogP contribution in [-0.2, 0) is 6.42 Å². The predicted molar refractivity (Wildman–Crippen MR) is 105 cm³/mol. The molecule has 1 saturated heterocycles. The zero-order valence-electron chi connectivity index (χ0n) is 16.1. The number of aromatic nitrogens is 1. The molecule has 6 heteroatoms. The van der Waals surface area contributed by atoms with Crippen LogP contribution in [0.15, 0.2) is 42.6 Å². The van der Waals surface area contributed by atoms with Crippen molar-refractivity contribution in [1.82, 2.24) is 14.8 Å². The Labute approximate surface area is 160 Å². The Morgan fingerprint density at radius 2 is 1.70 bits per heavy atom. The van der Waals surface area contributed by atoms with Crippen LogP contribution in [0.5, 0.6) is 0 Å². The van der Waals surface area contributed by atoms with Crippen molar-refractivity contribution in [3.05, 3.63) is 59.8 Å². The number of hydrogen-bond donors (Lipinski definition) is 1. The van der Waals surface area contributed by atoms with E-state index in [2.05, 4.69) is 33.9 Å². The quantitative estimate of drug-likeness (QED) is 0.805. The number of nitrogens with one attached hydrogen (secondary N) is 1. The third-order valence-electron chi connectivity index (χ3n) is 5.33. The number of rotatable bonds is 7. The molecule has 1 aromatic carbocycles. The summed E-state index contributed by atoms with van der Waals surface area (Å²) in [6.45, 7) is 9.60. The van der Waals surface area contributed by atoms with E-state index in [-0.39, 0.29) is 17.2 Å². The lowest BCUT2D eigenvalue weighted by molar-refractivity contribution is 0.0595. The van der Waals surface area contributed by atoms with Gasteiger partial charge in [-0.15, -0.1) is 0 Å². The van der Waals surface area contributed by atoms with Gasteiger partial charge in [-0.25, -0.2) is 13.8 Å². The second kappa shape index (κ2) is 8.76. The normalized spacial score (nSPS) is 16.4. The highest BCUT2D eigenvalue weighted by Crippen LogP contribution is 2.19. The van der Waals surface area contributed by atoms with Gasteiger partial charge in [0.1, 0.15) is 5.82 Å². The van der Waals surface area contributed by atoms with Gasteiger partial charge in [-0.3, -0.25) is 4.90 Å². The third-order valence-corrected chi connectivity index (χ3v) is 5.33. The number of hydrogen-bond acceptors (Lipinski definition) is 4. The molecule has 146 valence electrons. The highest BCUT2D eigenvalue weighted by Gasteiger charge is 2.30. The van der Waals surface area contributed by atoms with E-state index in [4.69, 9.17) is 0 Å². The molecule has 0 amide bonds. The summed E-state index contributed by atoms with van der Waals surface area (Å²) < 4.78 is 27.5. The average Bonchev–Trinajstić information content (AvgIpc) is 2.67. The van der Waals surface area contributed by atoms with Crippen molar-refractivity contribution in [2.24, 2.45) is 0 Å². The van der Waals surface area contributed by atoms with Crippen LogP contribution in [0.2, 0.25) is 0 Å². The average molecular weight is 374 g/mol. The fourth-order valence-electron chi connectivity index (χ4n) is 3.48. The second-order valence-electron chi connectivity index (χ2n) is 7.67. The van der Waals surface area contributed by atoms with Crippen LogP contribution in [0.25, 0.3) is 0 Å². The number of piperazine rings is 1. The SMILES string of the molecule is CC(C)(CNc1ncccc1F)N1CCN(CCc2ccccc2F)CC1. The van der Waals surface area contributed by atoms with E-state index < -0.39 is 0 Å². The Morgan fingerprint density at radius 3 is 2.41 bits per heavy atom. The minimum atomic E-state index is -0.328. The van der Waals surface area contributed by atoms with Crippen molar-refractivity contribution in [3.63, 3.8) is 0 Å². The van der Waals surface area contributed by atoms with Crippen molar-refractivity contribution in [1.29, 1.82) is 0 Å². The fourth-order valence-corrected chi connectivity index (χ4v) is 3.48. The maximum absolute atomic E-state index is 13.7. The molecule has 1 aliphatic rings. The van der Waals surface area contributed by atoms with Crippen LogP contribution in [0.4, 0.5) is 14.6 Å². The first-order valence-corrected chi connectivity index (χ1v) is 9.51. The minimum absolute atomic E-state index is 0.110. The van der Waals surface area contributed by atoms with Crippen LogP contribution in [-0.4, -0.2) is 59.6 Å². The Hall–Kier alpha value is -2.05. The van der Waals surface area contributed by atoms with E-state index in [9.17, 15) is 8.78 Å². The van der Waals surface area contributed by atoms with Gasteiger partial charge in [-0.2, -0.15) is 0 Å². The molecule has 2 aromatic rings. The maximum Gasteiger partial charge on any atom is 0.165 e. The molecule has 0 spiro atoms. The molecule has 27 heavy (non-hydrogen) atoms. The van der Waals surface area contributed by atoms with Crippen molar-refractivity contribution >= 4 is 5.82 Å². The molecule has 4 nitrogen and oxygen atoms in total.